The molecule has 2 rings (SSSR count). The molecule has 1 aromatic rings. The van der Waals surface area contributed by atoms with Crippen LogP contribution in [0.3, 0.4) is 0 Å². The van der Waals surface area contributed by atoms with Crippen molar-refractivity contribution < 1.29 is 48.0 Å². The zero-order valence-corrected chi connectivity index (χ0v) is 18.9. The minimum absolute atomic E-state index is 0. The Morgan fingerprint density at radius 1 is 1.27 bits per heavy atom. The highest BCUT2D eigenvalue weighted by Gasteiger charge is 2.45. The summed E-state index contributed by atoms with van der Waals surface area (Å²) >= 11 is 0. The lowest BCUT2D eigenvalue weighted by Gasteiger charge is -2.21. The maximum atomic E-state index is 12.3. The average molecular weight is 498 g/mol. The van der Waals surface area contributed by atoms with Crippen LogP contribution in [-0.4, -0.2) is 81.8 Å². The van der Waals surface area contributed by atoms with E-state index in [0.717, 1.165) is 25.0 Å². The highest BCUT2D eigenvalue weighted by molar-refractivity contribution is 7.50. The number of hydrogen-bond donors (Lipinski definition) is 6. The van der Waals surface area contributed by atoms with Gasteiger partial charge in [-0.05, 0) is 6.92 Å². The van der Waals surface area contributed by atoms with Crippen molar-refractivity contribution in [2.45, 2.75) is 43.9 Å². The lowest BCUT2D eigenvalue weighted by Crippen LogP contribution is -2.39. The Morgan fingerprint density at radius 3 is 2.48 bits per heavy atom. The minimum atomic E-state index is -4.74. The number of ether oxygens (including phenoxy) is 3. The summed E-state index contributed by atoms with van der Waals surface area (Å²) in [7, 11) is -2.68. The van der Waals surface area contributed by atoms with Crippen LogP contribution in [0.25, 0.3) is 0 Å². The molecule has 1 aliphatic rings. The van der Waals surface area contributed by atoms with Gasteiger partial charge in [-0.25, -0.2) is 14.4 Å². The van der Waals surface area contributed by atoms with Crippen molar-refractivity contribution in [3.05, 3.63) is 32.6 Å². The number of aliphatic hydroxyl groups is 2. The van der Waals surface area contributed by atoms with Gasteiger partial charge >= 0.3 is 25.4 Å². The molecule has 8 N–H and O–H groups in total. The molecule has 1 saturated heterocycles. The maximum absolute atomic E-state index is 12.3. The van der Waals surface area contributed by atoms with E-state index < -0.39 is 74.5 Å². The van der Waals surface area contributed by atoms with Crippen LogP contribution in [-0.2, 0) is 32.9 Å². The fraction of sp³-hybridized carbons (Fsp3) is 0.625. The van der Waals surface area contributed by atoms with Crippen LogP contribution >= 0.6 is 7.75 Å². The molecule has 1 fully saturated rings. The summed E-state index contributed by atoms with van der Waals surface area (Å²) in [5.41, 5.74) is -1.41. The molecule has 0 radical (unpaired) electrons. The quantitative estimate of drug-likeness (QED) is 0.151. The van der Waals surface area contributed by atoms with Gasteiger partial charge in [0.25, 0.3) is 5.56 Å². The molecule has 1 aromatic heterocycles. The first kappa shape index (κ1) is 28.6. The number of carbonyl (C=O) groups is 2. The summed E-state index contributed by atoms with van der Waals surface area (Å²) in [4.78, 5) is 58.7. The van der Waals surface area contributed by atoms with E-state index in [4.69, 9.17) is 9.26 Å². The molecule has 16 nitrogen and oxygen atoms in total. The van der Waals surface area contributed by atoms with Gasteiger partial charge in [0, 0.05) is 11.8 Å². The molecular formula is C16H27N4O12P. The normalized spacial score (nSPS) is 24.9. The number of methoxy groups -OCH3 is 2. The third-order valence-corrected chi connectivity index (χ3v) is 5.71. The first-order valence-electron chi connectivity index (χ1n) is 9.13. The molecule has 6 atom stereocenters. The van der Waals surface area contributed by atoms with Gasteiger partial charge in [-0.3, -0.25) is 28.5 Å². The zero-order chi connectivity index (χ0) is 24.2. The Bertz CT molecular complexity index is 1010. The number of carbonyl (C=O) groups excluding carboxylic acids is 2. The molecule has 17 heteroatoms. The van der Waals surface area contributed by atoms with Crippen LogP contribution in [0.5, 0.6) is 0 Å². The molecule has 188 valence electrons. The largest absolute Gasteiger partial charge is 0.469 e. The van der Waals surface area contributed by atoms with Gasteiger partial charge in [0.05, 0.1) is 27.2 Å². The summed E-state index contributed by atoms with van der Waals surface area (Å²) in [6.45, 7) is 0.658. The molecule has 0 saturated carbocycles. The number of hydrogen-bond acceptors (Lipinski definition) is 12. The van der Waals surface area contributed by atoms with Gasteiger partial charge in [-0.15, -0.1) is 0 Å². The molecule has 0 aromatic carbocycles. The second-order valence-corrected chi connectivity index (χ2v) is 8.38. The summed E-state index contributed by atoms with van der Waals surface area (Å²) in [6, 6.07) is -1.57. The molecule has 1 unspecified atom stereocenters. The Kier molecular flexibility index (Phi) is 10.1. The van der Waals surface area contributed by atoms with Crippen molar-refractivity contribution in [2.24, 2.45) is 0 Å². The van der Waals surface area contributed by atoms with Crippen LogP contribution in [0.2, 0.25) is 0 Å². The topological polar surface area (TPSA) is 251 Å². The summed E-state index contributed by atoms with van der Waals surface area (Å²) in [5, 5.41) is 22.4. The molecule has 0 amide bonds. The minimum Gasteiger partial charge on any atom is -0.469 e. The van der Waals surface area contributed by atoms with E-state index in [9.17, 15) is 38.8 Å². The number of aryl methyl sites for hydroxylation is 1. The van der Waals surface area contributed by atoms with Gasteiger partial charge in [-0.1, -0.05) is 0 Å². The predicted molar refractivity (Wildman–Crippen MR) is 108 cm³/mol. The lowest BCUT2D eigenvalue weighted by molar-refractivity contribution is -0.149. The van der Waals surface area contributed by atoms with Crippen molar-refractivity contribution in [3.63, 3.8) is 0 Å². The van der Waals surface area contributed by atoms with Crippen LogP contribution in [0.4, 0.5) is 0 Å². The van der Waals surface area contributed by atoms with Gasteiger partial charge in [0.1, 0.15) is 24.4 Å². The number of esters is 2. The molecule has 0 bridgehead atoms. The number of nitrogens with one attached hydrogen (secondary N) is 2. The first-order valence-corrected chi connectivity index (χ1v) is 10.7. The molecule has 1 aliphatic heterocycles. The molecular weight excluding hydrogens is 471 g/mol. The average Bonchev–Trinajstić information content (AvgIpc) is 3.02. The number of nitrogens with zero attached hydrogens (tertiary/aromatic N) is 1. The predicted octanol–water partition coefficient (Wildman–Crippen LogP) is -2.56. The highest BCUT2D eigenvalue weighted by Crippen LogP contribution is 2.40. The number of aliphatic hydroxyl groups excluding tert-OH is 2. The fourth-order valence-corrected chi connectivity index (χ4v) is 3.87. The Labute approximate surface area is 186 Å². The molecule has 2 heterocycles. The van der Waals surface area contributed by atoms with Gasteiger partial charge in [0.2, 0.25) is 0 Å². The number of rotatable bonds is 9. The number of aromatic amines is 1. The first-order chi connectivity index (χ1) is 14.9. The van der Waals surface area contributed by atoms with E-state index in [1.807, 2.05) is 10.1 Å². The Hall–Kier alpha value is -2.43. The molecule has 0 spiro atoms. The van der Waals surface area contributed by atoms with Crippen molar-refractivity contribution in [2.75, 3.05) is 20.8 Å². The third-order valence-electron chi connectivity index (χ3n) is 4.57. The van der Waals surface area contributed by atoms with Crippen molar-refractivity contribution in [1.82, 2.24) is 20.8 Å². The summed E-state index contributed by atoms with van der Waals surface area (Å²) < 4.78 is 32.2. The molecule has 0 aliphatic carbocycles. The summed E-state index contributed by atoms with van der Waals surface area (Å²) in [6.07, 6.45) is -5.57. The summed E-state index contributed by atoms with van der Waals surface area (Å²) in [5.74, 6) is -1.90. The second kappa shape index (κ2) is 11.6. The van der Waals surface area contributed by atoms with E-state index in [1.165, 1.54) is 6.92 Å². The number of aromatic nitrogens is 2. The van der Waals surface area contributed by atoms with Gasteiger partial charge in [0.15, 0.2) is 6.23 Å². The van der Waals surface area contributed by atoms with Gasteiger partial charge < -0.3 is 35.5 Å². The SMILES string of the molecule is COC(=O)C[C@H](NP(=O)(O)OC[C@H]1O[C@@H](n2cc(C)c(=O)[nH]c2=O)[C@H](O)[C@@H]1O)C(=O)OC.N. The second-order valence-electron chi connectivity index (χ2n) is 6.83. The van der Waals surface area contributed by atoms with Gasteiger partial charge in [-0.2, -0.15) is 0 Å². The standard InChI is InChI=1S/C16H24N3O12P.H3N/c1-7-5-19(16(25)17-13(7)23)14-12(22)11(21)9(31-14)6-30-32(26,27)18-8(15(24)29-3)4-10(20)28-2;/h5,8-9,11-12,14,21-22H,4,6H2,1-3H3,(H,17,23,25)(H2,18,26,27);1H3/t8-,9+,11+,12+,14+;/m0./s1. The van der Waals surface area contributed by atoms with E-state index in [-0.39, 0.29) is 11.7 Å². The van der Waals surface area contributed by atoms with E-state index >= 15 is 0 Å². The van der Waals surface area contributed by atoms with Crippen LogP contribution in [0, 0.1) is 6.92 Å². The van der Waals surface area contributed by atoms with Crippen molar-refractivity contribution in [1.29, 1.82) is 0 Å². The fourth-order valence-electron chi connectivity index (χ4n) is 2.85. The van der Waals surface area contributed by atoms with E-state index in [2.05, 4.69) is 9.47 Å². The van der Waals surface area contributed by atoms with Crippen LogP contribution in [0.15, 0.2) is 15.8 Å². The van der Waals surface area contributed by atoms with Crippen molar-refractivity contribution >= 4 is 19.7 Å². The van der Waals surface area contributed by atoms with Crippen LogP contribution < -0.4 is 22.5 Å². The monoisotopic (exact) mass is 498 g/mol. The smallest absolute Gasteiger partial charge is 0.403 e. The Balaban J connectivity index is 0.00000544. The maximum Gasteiger partial charge on any atom is 0.403 e. The zero-order valence-electron chi connectivity index (χ0n) is 18.0. The van der Waals surface area contributed by atoms with Crippen LogP contribution in [0.1, 0.15) is 18.2 Å². The third kappa shape index (κ3) is 7.02. The highest BCUT2D eigenvalue weighted by atomic mass is 31.2. The van der Waals surface area contributed by atoms with E-state index in [1.54, 1.807) is 0 Å². The van der Waals surface area contributed by atoms with Crippen molar-refractivity contribution in [3.8, 4) is 0 Å². The van der Waals surface area contributed by atoms with E-state index in [0.29, 0.717) is 0 Å². The lowest BCUT2D eigenvalue weighted by atomic mass is 10.1. The molecule has 33 heavy (non-hydrogen) atoms. The number of H-pyrrole nitrogens is 1. The Morgan fingerprint density at radius 2 is 1.91 bits per heavy atom.